The Kier molecular flexibility index (Phi) is 2.74. The molecule has 2 fully saturated rings. The van der Waals surface area contributed by atoms with Crippen molar-refractivity contribution in [1.82, 2.24) is 14.9 Å². The Hall–Kier alpha value is -1.63. The van der Waals surface area contributed by atoms with E-state index < -0.39 is 0 Å². The first-order valence-electron chi connectivity index (χ1n) is 6.65. The monoisotopic (exact) mass is 265 g/mol. The second kappa shape index (κ2) is 4.19. The van der Waals surface area contributed by atoms with Crippen molar-refractivity contribution in [3.05, 3.63) is 15.9 Å². The number of nitro groups is 1. The average molecular weight is 265 g/mol. The van der Waals surface area contributed by atoms with E-state index in [0.29, 0.717) is 29.5 Å². The van der Waals surface area contributed by atoms with E-state index in [-0.39, 0.29) is 10.7 Å². The van der Waals surface area contributed by atoms with Gasteiger partial charge in [0.05, 0.1) is 0 Å². The molecular formula is C12H19N5O2. The molecule has 7 heteroatoms. The maximum Gasteiger partial charge on any atom is 0.406 e. The van der Waals surface area contributed by atoms with Gasteiger partial charge in [-0.05, 0) is 28.7 Å². The topological polar surface area (TPSA) is 76.2 Å². The summed E-state index contributed by atoms with van der Waals surface area (Å²) in [6, 6.07) is 0.313. The minimum atomic E-state index is -0.374. The normalized spacial score (nSPS) is 29.8. The zero-order valence-electron chi connectivity index (χ0n) is 11.5. The highest BCUT2D eigenvalue weighted by molar-refractivity contribution is 5.57. The number of nitrogens with one attached hydrogen (secondary N) is 1. The molecule has 0 saturated carbocycles. The molecule has 0 bridgehead atoms. The van der Waals surface area contributed by atoms with E-state index in [2.05, 4.69) is 22.1 Å². The minimum Gasteiger partial charge on any atom is -0.358 e. The van der Waals surface area contributed by atoms with Crippen LogP contribution in [-0.4, -0.2) is 40.2 Å². The molecular weight excluding hydrogens is 246 g/mol. The molecule has 0 aliphatic carbocycles. The SMILES string of the molecule is Cc1nc([N+](=O)[O-])c(N2CC3CNCC3C2C)n1C. The maximum atomic E-state index is 11.2. The van der Waals surface area contributed by atoms with Gasteiger partial charge in [0.2, 0.25) is 11.6 Å². The van der Waals surface area contributed by atoms with Gasteiger partial charge in [0.25, 0.3) is 0 Å². The van der Waals surface area contributed by atoms with E-state index in [9.17, 15) is 10.1 Å². The first kappa shape index (κ1) is 12.4. The maximum absolute atomic E-state index is 11.2. The van der Waals surface area contributed by atoms with Crippen LogP contribution in [0.4, 0.5) is 11.6 Å². The van der Waals surface area contributed by atoms with Gasteiger partial charge < -0.3 is 20.3 Å². The number of hydrogen-bond donors (Lipinski definition) is 1. The average Bonchev–Trinajstić information content (AvgIpc) is 2.99. The summed E-state index contributed by atoms with van der Waals surface area (Å²) < 4.78 is 1.84. The van der Waals surface area contributed by atoms with Gasteiger partial charge in [-0.3, -0.25) is 4.57 Å². The van der Waals surface area contributed by atoms with E-state index in [1.165, 1.54) is 0 Å². The summed E-state index contributed by atoms with van der Waals surface area (Å²) in [6.45, 7) is 6.85. The zero-order chi connectivity index (χ0) is 13.7. The van der Waals surface area contributed by atoms with Gasteiger partial charge in [0, 0.05) is 39.6 Å². The van der Waals surface area contributed by atoms with Crippen molar-refractivity contribution < 1.29 is 4.92 Å². The second-order valence-corrected chi connectivity index (χ2v) is 5.60. The van der Waals surface area contributed by atoms with Crippen LogP contribution in [0.2, 0.25) is 0 Å². The summed E-state index contributed by atoms with van der Waals surface area (Å²) >= 11 is 0. The molecule has 1 aromatic rings. The van der Waals surface area contributed by atoms with Crippen molar-refractivity contribution in [2.45, 2.75) is 19.9 Å². The van der Waals surface area contributed by atoms with Crippen molar-refractivity contribution in [3.63, 3.8) is 0 Å². The lowest BCUT2D eigenvalue weighted by molar-refractivity contribution is -0.388. The molecule has 3 unspecified atom stereocenters. The van der Waals surface area contributed by atoms with Gasteiger partial charge in [0.1, 0.15) is 0 Å². The fraction of sp³-hybridized carbons (Fsp3) is 0.750. The Morgan fingerprint density at radius 1 is 1.47 bits per heavy atom. The number of aromatic nitrogens is 2. The molecule has 104 valence electrons. The molecule has 0 radical (unpaired) electrons. The van der Waals surface area contributed by atoms with E-state index >= 15 is 0 Å². The third kappa shape index (κ3) is 1.72. The van der Waals surface area contributed by atoms with Crippen LogP contribution in [0.15, 0.2) is 0 Å². The summed E-state index contributed by atoms with van der Waals surface area (Å²) in [5.74, 6) is 2.49. The number of aryl methyl sites for hydroxylation is 1. The third-order valence-corrected chi connectivity index (χ3v) is 4.65. The first-order chi connectivity index (χ1) is 9.00. The van der Waals surface area contributed by atoms with E-state index in [1.54, 1.807) is 6.92 Å². The molecule has 7 nitrogen and oxygen atoms in total. The Bertz CT molecular complexity index is 526. The fourth-order valence-electron chi connectivity index (χ4n) is 3.47. The highest BCUT2D eigenvalue weighted by atomic mass is 16.6. The summed E-state index contributed by atoms with van der Waals surface area (Å²) in [5.41, 5.74) is 0. The van der Waals surface area contributed by atoms with Gasteiger partial charge in [-0.15, -0.1) is 0 Å². The van der Waals surface area contributed by atoms with Gasteiger partial charge in [-0.2, -0.15) is 0 Å². The number of anilines is 1. The van der Waals surface area contributed by atoms with Crippen LogP contribution in [0.5, 0.6) is 0 Å². The standard InChI is InChI=1S/C12H19N5O2/c1-7-10-5-13-4-9(10)6-16(7)12-11(17(18)19)14-8(2)15(12)3/h7,9-10,13H,4-6H2,1-3H3. The molecule has 3 atom stereocenters. The lowest BCUT2D eigenvalue weighted by Gasteiger charge is -2.25. The van der Waals surface area contributed by atoms with Crippen LogP contribution in [0.25, 0.3) is 0 Å². The first-order valence-corrected chi connectivity index (χ1v) is 6.65. The zero-order valence-corrected chi connectivity index (χ0v) is 11.5. The van der Waals surface area contributed by atoms with Crippen LogP contribution >= 0.6 is 0 Å². The van der Waals surface area contributed by atoms with Crippen molar-refractivity contribution in [2.75, 3.05) is 24.5 Å². The molecule has 2 aliphatic rings. The number of hydrogen-bond acceptors (Lipinski definition) is 5. The van der Waals surface area contributed by atoms with Crippen molar-refractivity contribution in [1.29, 1.82) is 0 Å². The summed E-state index contributed by atoms with van der Waals surface area (Å²) in [4.78, 5) is 17.1. The number of nitrogens with zero attached hydrogens (tertiary/aromatic N) is 4. The second-order valence-electron chi connectivity index (χ2n) is 5.60. The molecule has 2 aliphatic heterocycles. The van der Waals surface area contributed by atoms with Gasteiger partial charge in [-0.25, -0.2) is 0 Å². The summed E-state index contributed by atoms with van der Waals surface area (Å²) in [6.07, 6.45) is 0. The molecule has 1 N–H and O–H groups in total. The van der Waals surface area contributed by atoms with Crippen LogP contribution in [0, 0.1) is 28.9 Å². The summed E-state index contributed by atoms with van der Waals surface area (Å²) in [5, 5.41) is 14.6. The van der Waals surface area contributed by atoms with E-state index in [4.69, 9.17) is 0 Å². The predicted octanol–water partition coefficient (Wildman–Crippen LogP) is 0.681. The Labute approximate surface area is 111 Å². The van der Waals surface area contributed by atoms with Gasteiger partial charge in [0.15, 0.2) is 0 Å². The molecule has 19 heavy (non-hydrogen) atoms. The Morgan fingerprint density at radius 3 is 2.84 bits per heavy atom. The molecule has 0 amide bonds. The molecule has 0 aromatic carbocycles. The molecule has 2 saturated heterocycles. The number of rotatable bonds is 2. The van der Waals surface area contributed by atoms with Crippen molar-refractivity contribution in [3.8, 4) is 0 Å². The van der Waals surface area contributed by atoms with E-state index in [0.717, 1.165) is 19.6 Å². The lowest BCUT2D eigenvalue weighted by Crippen LogP contribution is -2.34. The molecule has 1 aromatic heterocycles. The number of imidazole rings is 1. The van der Waals surface area contributed by atoms with Crippen LogP contribution in [-0.2, 0) is 7.05 Å². The molecule has 3 heterocycles. The van der Waals surface area contributed by atoms with Crippen LogP contribution < -0.4 is 10.2 Å². The highest BCUT2D eigenvalue weighted by Gasteiger charge is 2.45. The third-order valence-electron chi connectivity index (χ3n) is 4.65. The van der Waals surface area contributed by atoms with Crippen LogP contribution in [0.3, 0.4) is 0 Å². The van der Waals surface area contributed by atoms with E-state index in [1.807, 2.05) is 11.6 Å². The van der Waals surface area contributed by atoms with Gasteiger partial charge >= 0.3 is 5.82 Å². The Balaban J connectivity index is 2.01. The van der Waals surface area contributed by atoms with Crippen molar-refractivity contribution in [2.24, 2.45) is 18.9 Å². The summed E-state index contributed by atoms with van der Waals surface area (Å²) in [7, 11) is 1.85. The smallest absolute Gasteiger partial charge is 0.358 e. The van der Waals surface area contributed by atoms with Crippen LogP contribution in [0.1, 0.15) is 12.7 Å². The van der Waals surface area contributed by atoms with Gasteiger partial charge in [-0.1, -0.05) is 0 Å². The molecule has 0 spiro atoms. The minimum absolute atomic E-state index is 0.0141. The predicted molar refractivity (Wildman–Crippen MR) is 71.3 cm³/mol. The molecule has 3 rings (SSSR count). The quantitative estimate of drug-likeness (QED) is 0.628. The van der Waals surface area contributed by atoms with Crippen molar-refractivity contribution >= 4 is 11.6 Å². The fourth-order valence-corrected chi connectivity index (χ4v) is 3.47. The lowest BCUT2D eigenvalue weighted by atomic mass is 9.95. The largest absolute Gasteiger partial charge is 0.406 e. The Morgan fingerprint density at radius 2 is 2.21 bits per heavy atom. The number of fused-ring (bicyclic) bond motifs is 1. The highest BCUT2D eigenvalue weighted by Crippen LogP contribution is 2.39.